The second-order valence-electron chi connectivity index (χ2n) is 5.30. The first kappa shape index (κ1) is 17.2. The Hall–Kier alpha value is -2.67. The van der Waals surface area contributed by atoms with E-state index in [1.807, 2.05) is 47.2 Å². The van der Waals surface area contributed by atoms with Crippen LogP contribution < -0.4 is 4.74 Å². The summed E-state index contributed by atoms with van der Waals surface area (Å²) in [6, 6.07) is 18.9. The molecule has 0 spiro atoms. The highest BCUT2D eigenvalue weighted by Gasteiger charge is 2.09. The van der Waals surface area contributed by atoms with Crippen LogP contribution in [0.15, 0.2) is 60.8 Å². The number of benzene rings is 2. The molecular formula is C20H14Cl2N2O. The third kappa shape index (κ3) is 3.71. The van der Waals surface area contributed by atoms with E-state index in [2.05, 4.69) is 6.07 Å². The number of hydrogen-bond donors (Lipinski definition) is 0. The number of nitrogens with zero attached hydrogens (tertiary/aromatic N) is 2. The van der Waals surface area contributed by atoms with Gasteiger partial charge in [0.05, 0.1) is 23.8 Å². The zero-order valence-corrected chi connectivity index (χ0v) is 14.9. The first-order chi connectivity index (χ1) is 12.1. The summed E-state index contributed by atoms with van der Waals surface area (Å²) >= 11 is 12.2. The van der Waals surface area contributed by atoms with Crippen LogP contribution >= 0.6 is 23.2 Å². The molecule has 0 saturated carbocycles. The minimum atomic E-state index is 0.447. The van der Waals surface area contributed by atoms with E-state index in [4.69, 9.17) is 27.9 Å². The molecule has 25 heavy (non-hydrogen) atoms. The van der Waals surface area contributed by atoms with Crippen LogP contribution in [0.25, 0.3) is 17.3 Å². The fourth-order valence-corrected chi connectivity index (χ4v) is 3.03. The van der Waals surface area contributed by atoms with Gasteiger partial charge in [-0.25, -0.2) is 0 Å². The van der Waals surface area contributed by atoms with Crippen molar-refractivity contribution in [3.63, 3.8) is 0 Å². The molecular weight excluding hydrogens is 355 g/mol. The van der Waals surface area contributed by atoms with Crippen molar-refractivity contribution in [1.29, 1.82) is 5.26 Å². The Morgan fingerprint density at radius 3 is 2.52 bits per heavy atom. The number of nitriles is 1. The average Bonchev–Trinajstić information content (AvgIpc) is 3.08. The largest absolute Gasteiger partial charge is 0.497 e. The number of methoxy groups -OCH3 is 1. The number of halogens is 2. The van der Waals surface area contributed by atoms with Crippen molar-refractivity contribution in [3.05, 3.63) is 82.1 Å². The van der Waals surface area contributed by atoms with Crippen LogP contribution in [0, 0.1) is 11.3 Å². The molecule has 3 rings (SSSR count). The van der Waals surface area contributed by atoms with E-state index < -0.39 is 0 Å². The van der Waals surface area contributed by atoms with Gasteiger partial charge < -0.3 is 9.30 Å². The molecule has 0 aliphatic rings. The Bertz CT molecular complexity index is 966. The summed E-state index contributed by atoms with van der Waals surface area (Å²) in [6.45, 7) is 0. The first-order valence-electron chi connectivity index (χ1n) is 7.51. The predicted molar refractivity (Wildman–Crippen MR) is 102 cm³/mol. The van der Waals surface area contributed by atoms with Gasteiger partial charge in [0.15, 0.2) is 0 Å². The normalized spacial score (nSPS) is 11.2. The molecule has 0 N–H and O–H groups in total. The van der Waals surface area contributed by atoms with Crippen molar-refractivity contribution >= 4 is 34.9 Å². The Morgan fingerprint density at radius 1 is 1.12 bits per heavy atom. The number of hydrogen-bond acceptors (Lipinski definition) is 2. The molecule has 0 saturated heterocycles. The topological polar surface area (TPSA) is 38.0 Å². The summed E-state index contributed by atoms with van der Waals surface area (Å²) in [4.78, 5) is 0. The maximum absolute atomic E-state index is 9.57. The monoisotopic (exact) mass is 368 g/mol. The number of rotatable bonds is 4. The summed E-state index contributed by atoms with van der Waals surface area (Å²) in [5.74, 6) is 0.790. The molecule has 0 aliphatic heterocycles. The Morgan fingerprint density at radius 2 is 1.88 bits per heavy atom. The second kappa shape index (κ2) is 7.48. The van der Waals surface area contributed by atoms with Gasteiger partial charge in [-0.15, -0.1) is 0 Å². The van der Waals surface area contributed by atoms with Crippen LogP contribution in [-0.4, -0.2) is 11.7 Å². The third-order valence-electron chi connectivity index (χ3n) is 3.76. The number of allylic oxidation sites excluding steroid dienone is 1. The molecule has 0 amide bonds. The maximum atomic E-state index is 9.57. The van der Waals surface area contributed by atoms with Crippen molar-refractivity contribution in [1.82, 2.24) is 4.57 Å². The molecule has 0 aliphatic carbocycles. The SMILES string of the molecule is COc1ccc(-n2cccc2/C=C(/C#N)c2ccc(Cl)cc2Cl)cc1. The lowest BCUT2D eigenvalue weighted by Gasteiger charge is -2.09. The molecule has 2 aromatic carbocycles. The van der Waals surface area contributed by atoms with Crippen molar-refractivity contribution in [3.8, 4) is 17.5 Å². The fraction of sp³-hybridized carbons (Fsp3) is 0.0500. The zero-order valence-electron chi connectivity index (χ0n) is 13.4. The molecule has 0 unspecified atom stereocenters. The van der Waals surface area contributed by atoms with Crippen LogP contribution in [-0.2, 0) is 0 Å². The van der Waals surface area contributed by atoms with Crippen molar-refractivity contribution < 1.29 is 4.74 Å². The molecule has 3 nitrogen and oxygen atoms in total. The van der Waals surface area contributed by atoms with E-state index in [0.717, 1.165) is 17.1 Å². The standard InChI is InChI=1S/C20H14Cl2N2O/c1-25-18-7-5-16(6-8-18)24-10-2-3-17(24)11-14(13-23)19-9-4-15(21)12-20(19)22/h2-12H,1H3/b14-11-. The predicted octanol–water partition coefficient (Wildman–Crippen LogP) is 5.86. The van der Waals surface area contributed by atoms with E-state index in [1.54, 1.807) is 31.4 Å². The molecule has 3 aromatic rings. The third-order valence-corrected chi connectivity index (χ3v) is 4.31. The smallest absolute Gasteiger partial charge is 0.119 e. The summed E-state index contributed by atoms with van der Waals surface area (Å²) < 4.78 is 7.18. The van der Waals surface area contributed by atoms with Gasteiger partial charge in [0.1, 0.15) is 5.75 Å². The molecule has 1 heterocycles. The fourth-order valence-electron chi connectivity index (χ4n) is 2.52. The van der Waals surface area contributed by atoms with E-state index in [-0.39, 0.29) is 0 Å². The van der Waals surface area contributed by atoms with Crippen molar-refractivity contribution in [2.24, 2.45) is 0 Å². The van der Waals surface area contributed by atoms with Crippen LogP contribution in [0.5, 0.6) is 5.75 Å². The number of ether oxygens (including phenoxy) is 1. The van der Waals surface area contributed by atoms with E-state index in [0.29, 0.717) is 21.2 Å². The molecule has 124 valence electrons. The van der Waals surface area contributed by atoms with Gasteiger partial charge in [-0.05, 0) is 54.6 Å². The van der Waals surface area contributed by atoms with Crippen molar-refractivity contribution in [2.75, 3.05) is 7.11 Å². The minimum absolute atomic E-state index is 0.447. The quantitative estimate of drug-likeness (QED) is 0.541. The minimum Gasteiger partial charge on any atom is -0.497 e. The van der Waals surface area contributed by atoms with Gasteiger partial charge in [-0.2, -0.15) is 5.26 Å². The lowest BCUT2D eigenvalue weighted by molar-refractivity contribution is 0.414. The summed E-state index contributed by atoms with van der Waals surface area (Å²) in [6.07, 6.45) is 3.74. The first-order valence-corrected chi connectivity index (χ1v) is 8.27. The van der Waals surface area contributed by atoms with Crippen LogP contribution in [0.4, 0.5) is 0 Å². The molecule has 0 bridgehead atoms. The molecule has 0 fully saturated rings. The van der Waals surface area contributed by atoms with Gasteiger partial charge in [0.25, 0.3) is 0 Å². The molecule has 5 heteroatoms. The average molecular weight is 369 g/mol. The van der Waals surface area contributed by atoms with Gasteiger partial charge in [0.2, 0.25) is 0 Å². The zero-order chi connectivity index (χ0) is 17.8. The Balaban J connectivity index is 2.03. The second-order valence-corrected chi connectivity index (χ2v) is 6.14. The highest BCUT2D eigenvalue weighted by molar-refractivity contribution is 6.36. The summed E-state index contributed by atoms with van der Waals surface area (Å²) in [7, 11) is 1.63. The molecule has 0 radical (unpaired) electrons. The molecule has 1 aromatic heterocycles. The van der Waals surface area contributed by atoms with Gasteiger partial charge in [0, 0.05) is 28.2 Å². The van der Waals surface area contributed by atoms with Crippen LogP contribution in [0.3, 0.4) is 0 Å². The van der Waals surface area contributed by atoms with E-state index in [1.165, 1.54) is 0 Å². The van der Waals surface area contributed by atoms with Crippen LogP contribution in [0.1, 0.15) is 11.3 Å². The lowest BCUT2D eigenvalue weighted by atomic mass is 10.1. The van der Waals surface area contributed by atoms with Crippen LogP contribution in [0.2, 0.25) is 10.0 Å². The highest BCUT2D eigenvalue weighted by atomic mass is 35.5. The van der Waals surface area contributed by atoms with E-state index >= 15 is 0 Å². The Labute approximate surface area is 156 Å². The maximum Gasteiger partial charge on any atom is 0.119 e. The lowest BCUT2D eigenvalue weighted by Crippen LogP contribution is -1.95. The van der Waals surface area contributed by atoms with Crippen molar-refractivity contribution in [2.45, 2.75) is 0 Å². The van der Waals surface area contributed by atoms with E-state index in [9.17, 15) is 5.26 Å². The Kier molecular flexibility index (Phi) is 5.14. The number of aromatic nitrogens is 1. The summed E-state index contributed by atoms with van der Waals surface area (Å²) in [5, 5.41) is 10.5. The van der Waals surface area contributed by atoms with Gasteiger partial charge in [-0.3, -0.25) is 0 Å². The van der Waals surface area contributed by atoms with Gasteiger partial charge >= 0.3 is 0 Å². The molecule has 0 atom stereocenters. The highest BCUT2D eigenvalue weighted by Crippen LogP contribution is 2.29. The van der Waals surface area contributed by atoms with Gasteiger partial charge in [-0.1, -0.05) is 29.3 Å². The summed E-state index contributed by atoms with van der Waals surface area (Å²) in [5.41, 5.74) is 2.95.